The third-order valence-corrected chi connectivity index (χ3v) is 5.39. The highest BCUT2D eigenvalue weighted by atomic mass is 32.3. The Morgan fingerprint density at radius 1 is 0.714 bits per heavy atom. The van der Waals surface area contributed by atoms with Gasteiger partial charge < -0.3 is 0 Å². The van der Waals surface area contributed by atoms with Crippen LogP contribution in [0.25, 0.3) is 0 Å². The zero-order chi connectivity index (χ0) is 15.8. The highest BCUT2D eigenvalue weighted by Crippen LogP contribution is 2.22. The second-order valence-corrected chi connectivity index (χ2v) is 7.69. The summed E-state index contributed by atoms with van der Waals surface area (Å²) in [6.07, 6.45) is 8.83. The fraction of sp³-hybridized carbons (Fsp3) is 1.00. The summed E-state index contributed by atoms with van der Waals surface area (Å²) in [5.41, 5.74) is 0. The SMILES string of the molecule is CCCCCCCCCCCC1OS(=O)(=O)OS(=O)(=O)O1. The van der Waals surface area contributed by atoms with Crippen molar-refractivity contribution in [2.75, 3.05) is 0 Å². The summed E-state index contributed by atoms with van der Waals surface area (Å²) in [5, 5.41) is 0. The van der Waals surface area contributed by atoms with Crippen LogP contribution < -0.4 is 0 Å². The molecule has 0 spiro atoms. The Labute approximate surface area is 127 Å². The predicted molar refractivity (Wildman–Crippen MR) is 76.7 cm³/mol. The van der Waals surface area contributed by atoms with E-state index in [-0.39, 0.29) is 6.42 Å². The van der Waals surface area contributed by atoms with Crippen molar-refractivity contribution >= 4 is 20.8 Å². The average molecular weight is 344 g/mol. The Morgan fingerprint density at radius 3 is 1.62 bits per heavy atom. The van der Waals surface area contributed by atoms with Crippen molar-refractivity contribution in [3.05, 3.63) is 0 Å². The van der Waals surface area contributed by atoms with E-state index in [0.717, 1.165) is 19.3 Å². The topological polar surface area (TPSA) is 96.0 Å². The molecule has 21 heavy (non-hydrogen) atoms. The van der Waals surface area contributed by atoms with E-state index in [4.69, 9.17) is 0 Å². The first-order valence-electron chi connectivity index (χ1n) is 7.42. The molecule has 0 aromatic rings. The van der Waals surface area contributed by atoms with Crippen LogP contribution in [0.3, 0.4) is 0 Å². The molecule has 0 aromatic heterocycles. The molecule has 7 nitrogen and oxygen atoms in total. The van der Waals surface area contributed by atoms with Crippen LogP contribution in [0.1, 0.15) is 71.1 Å². The summed E-state index contributed by atoms with van der Waals surface area (Å²) >= 11 is 0. The van der Waals surface area contributed by atoms with E-state index in [2.05, 4.69) is 18.9 Å². The number of unbranched alkanes of at least 4 members (excludes halogenated alkanes) is 8. The maximum Gasteiger partial charge on any atom is 0.418 e. The lowest BCUT2D eigenvalue weighted by Crippen LogP contribution is -2.34. The smallest absolute Gasteiger partial charge is 0.214 e. The van der Waals surface area contributed by atoms with Gasteiger partial charge in [-0.1, -0.05) is 58.3 Å². The fourth-order valence-electron chi connectivity index (χ4n) is 2.13. The molecule has 126 valence electrons. The molecule has 0 bridgehead atoms. The van der Waals surface area contributed by atoms with E-state index in [1.54, 1.807) is 0 Å². The van der Waals surface area contributed by atoms with Gasteiger partial charge in [0.25, 0.3) is 0 Å². The van der Waals surface area contributed by atoms with Crippen LogP contribution in [0.4, 0.5) is 0 Å². The third-order valence-electron chi connectivity index (χ3n) is 3.16. The Hall–Kier alpha value is -0.220. The lowest BCUT2D eigenvalue weighted by atomic mass is 10.1. The molecule has 0 atom stereocenters. The van der Waals surface area contributed by atoms with Gasteiger partial charge in [0, 0.05) is 6.42 Å². The van der Waals surface area contributed by atoms with Gasteiger partial charge in [0.2, 0.25) is 0 Å². The van der Waals surface area contributed by atoms with E-state index < -0.39 is 27.1 Å². The number of rotatable bonds is 10. The van der Waals surface area contributed by atoms with Crippen LogP contribution in [0.15, 0.2) is 0 Å². The molecule has 0 radical (unpaired) electrons. The molecule has 1 aliphatic rings. The third kappa shape index (κ3) is 8.72. The molecule has 0 saturated carbocycles. The molecule has 1 saturated heterocycles. The minimum absolute atomic E-state index is 0.206. The van der Waals surface area contributed by atoms with Gasteiger partial charge in [-0.3, -0.25) is 0 Å². The quantitative estimate of drug-likeness (QED) is 0.562. The molecule has 1 rings (SSSR count). The van der Waals surface area contributed by atoms with Gasteiger partial charge in [-0.05, 0) is 6.42 Å². The van der Waals surface area contributed by atoms with E-state index in [1.165, 1.54) is 32.1 Å². The van der Waals surface area contributed by atoms with Gasteiger partial charge >= 0.3 is 20.8 Å². The monoisotopic (exact) mass is 344 g/mol. The number of hydrogen-bond acceptors (Lipinski definition) is 7. The minimum atomic E-state index is -4.51. The predicted octanol–water partition coefficient (Wildman–Crippen LogP) is 2.79. The first-order valence-corrected chi connectivity index (χ1v) is 10.1. The molecule has 0 aliphatic carbocycles. The zero-order valence-corrected chi connectivity index (χ0v) is 14.0. The molecule has 1 aliphatic heterocycles. The van der Waals surface area contributed by atoms with Gasteiger partial charge in [0.05, 0.1) is 0 Å². The normalized spacial score (nSPS) is 21.4. The lowest BCUT2D eigenvalue weighted by Gasteiger charge is -2.20. The van der Waals surface area contributed by atoms with Crippen molar-refractivity contribution in [2.24, 2.45) is 0 Å². The summed E-state index contributed by atoms with van der Waals surface area (Å²) in [4.78, 5) is 0. The Kier molecular flexibility index (Phi) is 8.10. The average Bonchev–Trinajstić information content (AvgIpc) is 2.33. The van der Waals surface area contributed by atoms with Crippen molar-refractivity contribution in [3.63, 3.8) is 0 Å². The fourth-order valence-corrected chi connectivity index (χ4v) is 4.05. The minimum Gasteiger partial charge on any atom is -0.214 e. The van der Waals surface area contributed by atoms with Crippen molar-refractivity contribution in [2.45, 2.75) is 77.4 Å². The van der Waals surface area contributed by atoms with Crippen LogP contribution >= 0.6 is 0 Å². The van der Waals surface area contributed by atoms with Crippen molar-refractivity contribution < 1.29 is 28.8 Å². The summed E-state index contributed by atoms with van der Waals surface area (Å²) in [6, 6.07) is 0. The van der Waals surface area contributed by atoms with Crippen molar-refractivity contribution in [1.82, 2.24) is 0 Å². The van der Waals surface area contributed by atoms with Crippen LogP contribution in [0.5, 0.6) is 0 Å². The van der Waals surface area contributed by atoms with Gasteiger partial charge in [-0.25, -0.2) is 8.37 Å². The first-order chi connectivity index (χ1) is 9.85. The highest BCUT2D eigenvalue weighted by Gasteiger charge is 2.37. The molecule has 0 N–H and O–H groups in total. The van der Waals surface area contributed by atoms with Crippen LogP contribution in [0, 0.1) is 0 Å². The van der Waals surface area contributed by atoms with Crippen molar-refractivity contribution in [3.8, 4) is 0 Å². The molecular formula is C12H24O7S2. The molecule has 0 unspecified atom stereocenters. The van der Waals surface area contributed by atoms with Crippen molar-refractivity contribution in [1.29, 1.82) is 0 Å². The summed E-state index contributed by atoms with van der Waals surface area (Å²) in [5.74, 6) is 0. The van der Waals surface area contributed by atoms with Gasteiger partial charge in [0.1, 0.15) is 0 Å². The second kappa shape index (κ2) is 9.04. The van der Waals surface area contributed by atoms with E-state index in [1.807, 2.05) is 0 Å². The van der Waals surface area contributed by atoms with Gasteiger partial charge in [0.15, 0.2) is 6.29 Å². The molecule has 1 heterocycles. The molecule has 0 amide bonds. The molecule has 0 aromatic carbocycles. The molecular weight excluding hydrogens is 320 g/mol. The maximum absolute atomic E-state index is 11.0. The highest BCUT2D eigenvalue weighted by molar-refractivity contribution is 7.95. The van der Waals surface area contributed by atoms with Crippen LogP contribution in [-0.2, 0) is 32.8 Å². The zero-order valence-electron chi connectivity index (χ0n) is 12.3. The van der Waals surface area contributed by atoms with Gasteiger partial charge in [-0.15, -0.1) is 3.63 Å². The Balaban J connectivity index is 2.10. The van der Waals surface area contributed by atoms with E-state index in [9.17, 15) is 16.8 Å². The Morgan fingerprint density at radius 2 is 1.14 bits per heavy atom. The van der Waals surface area contributed by atoms with Crippen LogP contribution in [-0.4, -0.2) is 23.1 Å². The maximum atomic E-state index is 11.0. The lowest BCUT2D eigenvalue weighted by molar-refractivity contribution is -0.0247. The summed E-state index contributed by atoms with van der Waals surface area (Å²) < 4.78 is 56.7. The largest absolute Gasteiger partial charge is 0.418 e. The van der Waals surface area contributed by atoms with E-state index in [0.29, 0.717) is 6.42 Å². The van der Waals surface area contributed by atoms with Gasteiger partial charge in [-0.2, -0.15) is 16.8 Å². The summed E-state index contributed by atoms with van der Waals surface area (Å²) in [6.45, 7) is 2.18. The van der Waals surface area contributed by atoms with Crippen LogP contribution in [0.2, 0.25) is 0 Å². The summed E-state index contributed by atoms with van der Waals surface area (Å²) in [7, 11) is -9.03. The molecule has 1 fully saturated rings. The van der Waals surface area contributed by atoms with E-state index >= 15 is 0 Å². The second-order valence-electron chi connectivity index (χ2n) is 5.12. The standard InChI is InChI=1S/C12H24O7S2/c1-2-3-4-5-6-7-8-9-10-11-12-17-20(13,14)19-21(15,16)18-12/h12H,2-11H2,1H3. The number of hydrogen-bond donors (Lipinski definition) is 0. The molecule has 9 heteroatoms. The Bertz CT molecular complexity index is 450. The first kappa shape index (κ1) is 18.8.